The predicted molar refractivity (Wildman–Crippen MR) is 28.1 cm³/mol. The van der Waals surface area contributed by atoms with Crippen LogP contribution >= 0.6 is 0 Å². The third kappa shape index (κ3) is 2.22. The second-order valence-corrected chi connectivity index (χ2v) is 1.63. The Labute approximate surface area is 55.4 Å². The van der Waals surface area contributed by atoms with Crippen molar-refractivity contribution in [3.05, 3.63) is 0 Å². The fraction of sp³-hybridized carbons (Fsp3) is 0.750. The van der Waals surface area contributed by atoms with Gasteiger partial charge in [0.2, 0.25) is 5.91 Å². The van der Waals surface area contributed by atoms with Crippen LogP contribution in [-0.2, 0) is 4.79 Å². The average molecular weight is 156 g/mol. The Kier molecular flexibility index (Phi) is 2.65. The molecule has 0 heterocycles. The number of likely N-dealkylation sites (N-methyl/N-ethyl adjacent to an activating group) is 1. The normalized spacial score (nSPS) is 14.5. The summed E-state index contributed by atoms with van der Waals surface area (Å²) in [5.41, 5.74) is 4.47. The molecule has 0 aliphatic rings. The number of nitrogens with one attached hydrogen (secondary N) is 1. The molecule has 0 aliphatic carbocycles. The van der Waals surface area contributed by atoms with Crippen LogP contribution in [0.25, 0.3) is 0 Å². The summed E-state index contributed by atoms with van der Waals surface area (Å²) in [6.45, 7) is 0. The molecule has 0 saturated carbocycles. The van der Waals surface area contributed by atoms with Gasteiger partial charge in [-0.15, -0.1) is 0 Å². The van der Waals surface area contributed by atoms with Crippen LogP contribution in [-0.4, -0.2) is 25.2 Å². The SMILES string of the molecule is CNC(=O)[C@@H](N)C(F)(F)F. The van der Waals surface area contributed by atoms with Crippen molar-refractivity contribution >= 4 is 5.91 Å². The lowest BCUT2D eigenvalue weighted by molar-refractivity contribution is -0.162. The number of amides is 1. The first-order valence-corrected chi connectivity index (χ1v) is 2.43. The van der Waals surface area contributed by atoms with Gasteiger partial charge in [0, 0.05) is 7.05 Å². The number of rotatable bonds is 1. The molecule has 0 unspecified atom stereocenters. The van der Waals surface area contributed by atoms with E-state index in [0.717, 1.165) is 7.05 Å². The monoisotopic (exact) mass is 156 g/mol. The van der Waals surface area contributed by atoms with Gasteiger partial charge >= 0.3 is 6.18 Å². The van der Waals surface area contributed by atoms with Crippen LogP contribution < -0.4 is 11.1 Å². The highest BCUT2D eigenvalue weighted by molar-refractivity contribution is 5.81. The average Bonchev–Trinajstić information content (AvgIpc) is 1.83. The van der Waals surface area contributed by atoms with Crippen LogP contribution in [0.15, 0.2) is 0 Å². The molecule has 0 aromatic carbocycles. The van der Waals surface area contributed by atoms with Crippen molar-refractivity contribution < 1.29 is 18.0 Å². The summed E-state index contributed by atoms with van der Waals surface area (Å²) in [5.74, 6) is -1.23. The maximum absolute atomic E-state index is 11.5. The lowest BCUT2D eigenvalue weighted by atomic mass is 10.3. The second kappa shape index (κ2) is 2.87. The van der Waals surface area contributed by atoms with Crippen molar-refractivity contribution in [3.8, 4) is 0 Å². The fourth-order valence-electron chi connectivity index (χ4n) is 0.304. The minimum absolute atomic E-state index is 1.09. The smallest absolute Gasteiger partial charge is 0.358 e. The summed E-state index contributed by atoms with van der Waals surface area (Å²) in [5, 5.41) is 1.79. The highest BCUT2D eigenvalue weighted by Gasteiger charge is 2.41. The van der Waals surface area contributed by atoms with E-state index in [2.05, 4.69) is 5.73 Å². The van der Waals surface area contributed by atoms with Gasteiger partial charge < -0.3 is 11.1 Å². The van der Waals surface area contributed by atoms with Crippen molar-refractivity contribution in [2.45, 2.75) is 12.2 Å². The van der Waals surface area contributed by atoms with E-state index in [1.54, 1.807) is 5.32 Å². The van der Waals surface area contributed by atoms with Crippen molar-refractivity contribution in [3.63, 3.8) is 0 Å². The van der Waals surface area contributed by atoms with Gasteiger partial charge in [-0.05, 0) is 0 Å². The van der Waals surface area contributed by atoms with Crippen LogP contribution in [0.5, 0.6) is 0 Å². The number of nitrogens with two attached hydrogens (primary N) is 1. The van der Waals surface area contributed by atoms with Gasteiger partial charge in [0.1, 0.15) is 0 Å². The summed E-state index contributed by atoms with van der Waals surface area (Å²) in [7, 11) is 1.09. The van der Waals surface area contributed by atoms with Gasteiger partial charge in [-0.1, -0.05) is 0 Å². The van der Waals surface area contributed by atoms with Crippen molar-refractivity contribution in [1.29, 1.82) is 0 Å². The van der Waals surface area contributed by atoms with Crippen LogP contribution in [0.3, 0.4) is 0 Å². The van der Waals surface area contributed by atoms with Gasteiger partial charge in [-0.3, -0.25) is 4.79 Å². The zero-order valence-corrected chi connectivity index (χ0v) is 5.20. The molecule has 0 radical (unpaired) electrons. The third-order valence-electron chi connectivity index (χ3n) is 0.882. The lowest BCUT2D eigenvalue weighted by Gasteiger charge is -2.12. The Bertz CT molecular complexity index is 133. The number of carbonyl (C=O) groups excluding carboxylic acids is 1. The van der Waals surface area contributed by atoms with Crippen molar-refractivity contribution in [1.82, 2.24) is 5.32 Å². The van der Waals surface area contributed by atoms with Gasteiger partial charge in [0.15, 0.2) is 6.04 Å². The first-order chi connectivity index (χ1) is 4.39. The molecular formula is C4H7F3N2O. The zero-order valence-electron chi connectivity index (χ0n) is 5.20. The Morgan fingerprint density at radius 3 is 2.10 bits per heavy atom. The van der Waals surface area contributed by atoms with Crippen LogP contribution in [0.4, 0.5) is 13.2 Å². The molecule has 0 saturated heterocycles. The van der Waals surface area contributed by atoms with E-state index in [9.17, 15) is 18.0 Å². The summed E-state index contributed by atoms with van der Waals surface area (Å²) in [6.07, 6.45) is -4.65. The molecule has 1 amide bonds. The molecule has 0 aromatic heterocycles. The fourth-order valence-corrected chi connectivity index (χ4v) is 0.304. The predicted octanol–water partition coefficient (Wildman–Crippen LogP) is -0.378. The van der Waals surface area contributed by atoms with Gasteiger partial charge in [0.25, 0.3) is 0 Å². The Balaban J connectivity index is 4.08. The van der Waals surface area contributed by atoms with Crippen LogP contribution in [0.2, 0.25) is 0 Å². The van der Waals surface area contributed by atoms with Crippen LogP contribution in [0.1, 0.15) is 0 Å². The largest absolute Gasteiger partial charge is 0.412 e. The Hall–Kier alpha value is -0.780. The number of carbonyl (C=O) groups is 1. The van der Waals surface area contributed by atoms with Gasteiger partial charge in [-0.25, -0.2) is 0 Å². The first kappa shape index (κ1) is 9.22. The standard InChI is InChI=1S/C4H7F3N2O/c1-9-3(10)2(8)4(5,6)7/h2H,8H2,1H3,(H,9,10)/t2-/m1/s1. The topological polar surface area (TPSA) is 55.1 Å². The quantitative estimate of drug-likeness (QED) is 0.543. The maximum atomic E-state index is 11.5. The molecule has 10 heavy (non-hydrogen) atoms. The van der Waals surface area contributed by atoms with E-state index >= 15 is 0 Å². The summed E-state index contributed by atoms with van der Waals surface area (Å²) >= 11 is 0. The molecule has 60 valence electrons. The lowest BCUT2D eigenvalue weighted by Crippen LogP contribution is -2.49. The van der Waals surface area contributed by atoms with E-state index in [-0.39, 0.29) is 0 Å². The minimum Gasteiger partial charge on any atom is -0.358 e. The molecule has 0 spiro atoms. The minimum atomic E-state index is -4.65. The third-order valence-corrected chi connectivity index (χ3v) is 0.882. The van der Waals surface area contributed by atoms with E-state index < -0.39 is 18.1 Å². The number of halogens is 3. The molecular weight excluding hydrogens is 149 g/mol. The number of hydrogen-bond donors (Lipinski definition) is 2. The van der Waals surface area contributed by atoms with E-state index in [0.29, 0.717) is 0 Å². The Morgan fingerprint density at radius 1 is 1.60 bits per heavy atom. The van der Waals surface area contributed by atoms with E-state index in [4.69, 9.17) is 0 Å². The molecule has 3 nitrogen and oxygen atoms in total. The first-order valence-electron chi connectivity index (χ1n) is 2.43. The summed E-state index contributed by atoms with van der Waals surface area (Å²) < 4.78 is 34.5. The van der Waals surface area contributed by atoms with Gasteiger partial charge in [0.05, 0.1) is 0 Å². The van der Waals surface area contributed by atoms with E-state index in [1.165, 1.54) is 0 Å². The molecule has 0 aromatic rings. The number of hydrogen-bond acceptors (Lipinski definition) is 2. The molecule has 0 bridgehead atoms. The summed E-state index contributed by atoms with van der Waals surface area (Å²) in [4.78, 5) is 10.2. The highest BCUT2D eigenvalue weighted by atomic mass is 19.4. The molecule has 0 aliphatic heterocycles. The molecule has 3 N–H and O–H groups in total. The zero-order chi connectivity index (χ0) is 8.36. The second-order valence-electron chi connectivity index (χ2n) is 1.63. The van der Waals surface area contributed by atoms with E-state index in [1.807, 2.05) is 0 Å². The number of alkyl halides is 3. The van der Waals surface area contributed by atoms with Crippen LogP contribution in [0, 0.1) is 0 Å². The molecule has 0 rings (SSSR count). The maximum Gasteiger partial charge on any atom is 0.412 e. The summed E-state index contributed by atoms with van der Waals surface area (Å²) in [6, 6.07) is -2.42. The Morgan fingerprint density at radius 2 is 2.00 bits per heavy atom. The van der Waals surface area contributed by atoms with Crippen molar-refractivity contribution in [2.24, 2.45) is 5.73 Å². The van der Waals surface area contributed by atoms with Crippen molar-refractivity contribution in [2.75, 3.05) is 7.05 Å². The molecule has 0 fully saturated rings. The highest BCUT2D eigenvalue weighted by Crippen LogP contribution is 2.17. The molecule has 1 atom stereocenters. The van der Waals surface area contributed by atoms with Gasteiger partial charge in [-0.2, -0.15) is 13.2 Å². The molecule has 6 heteroatoms.